The molecule has 0 unspecified atom stereocenters. The summed E-state index contributed by atoms with van der Waals surface area (Å²) in [4.78, 5) is 16.0. The standard InChI is InChI=1S/C20H14N4.4C6H4Cl.Co/c1-2-14-10-16-5-6-18(23-16)12-20-8-7-19(24-20)11-17-4-3-15(22-17)9-13(1)21-14;4*7-6-4-2-1-3-5-6;/h1-12,21,24H;4*1-4H;. The Morgan fingerprint density at radius 1 is 0.340 bits per heavy atom. The van der Waals surface area contributed by atoms with Gasteiger partial charge in [0.2, 0.25) is 0 Å². The summed E-state index contributed by atoms with van der Waals surface area (Å²) in [6.45, 7) is 0. The number of rotatable bonds is 4. The molecule has 2 N–H and O–H groups in total. The third kappa shape index (κ3) is 7.25. The Hall–Kier alpha value is -4.85. The Morgan fingerprint density at radius 2 is 0.585 bits per heavy atom. The first-order valence-corrected chi connectivity index (χ1v) is 20.2. The summed E-state index contributed by atoms with van der Waals surface area (Å²) in [6.07, 6.45) is 8.09. The number of halogens is 4. The van der Waals surface area contributed by atoms with Crippen LogP contribution in [-0.4, -0.2) is 19.9 Å². The van der Waals surface area contributed by atoms with Crippen LogP contribution in [0.25, 0.3) is 46.4 Å². The van der Waals surface area contributed by atoms with E-state index in [1.807, 2.05) is 146 Å². The number of fused-ring (bicyclic) bond motifs is 8. The van der Waals surface area contributed by atoms with Crippen LogP contribution in [0, 0.1) is 0 Å². The molecular formula is C44H30Cl4CoN4. The van der Waals surface area contributed by atoms with Crippen molar-refractivity contribution in [3.63, 3.8) is 0 Å². The van der Waals surface area contributed by atoms with Crippen LogP contribution in [0.5, 0.6) is 0 Å². The minimum absolute atomic E-state index is 0.653. The van der Waals surface area contributed by atoms with Gasteiger partial charge in [-0.15, -0.1) is 0 Å². The maximum absolute atomic E-state index is 6.81. The van der Waals surface area contributed by atoms with E-state index in [1.165, 1.54) is 0 Å². The first kappa shape index (κ1) is 35.2. The van der Waals surface area contributed by atoms with Gasteiger partial charge in [-0.05, 0) is 72.8 Å². The van der Waals surface area contributed by atoms with Gasteiger partial charge in [0.15, 0.2) is 0 Å². The molecule has 9 heteroatoms. The normalized spacial score (nSPS) is 12.3. The Balaban J connectivity index is 0.000000153. The molecule has 0 radical (unpaired) electrons. The molecule has 0 amide bonds. The second-order valence-electron chi connectivity index (χ2n) is 12.0. The number of nitrogens with zero attached hydrogens (tertiary/aromatic N) is 2. The third-order valence-electron chi connectivity index (χ3n) is 8.34. The van der Waals surface area contributed by atoms with Crippen LogP contribution in [0.3, 0.4) is 0 Å². The van der Waals surface area contributed by atoms with Gasteiger partial charge in [0.25, 0.3) is 0 Å². The summed E-state index contributed by atoms with van der Waals surface area (Å²) in [6, 6.07) is 47.8. The topological polar surface area (TPSA) is 57.4 Å². The zero-order chi connectivity index (χ0) is 36.4. The van der Waals surface area contributed by atoms with Gasteiger partial charge in [-0.2, -0.15) is 0 Å². The first-order valence-electron chi connectivity index (χ1n) is 16.6. The number of benzene rings is 4. The zero-order valence-electron chi connectivity index (χ0n) is 27.9. The molecule has 0 saturated heterocycles. The van der Waals surface area contributed by atoms with Gasteiger partial charge in [-0.1, -0.05) is 0 Å². The second-order valence-corrected chi connectivity index (χ2v) is 17.4. The van der Waals surface area contributed by atoms with Crippen molar-refractivity contribution in [2.75, 3.05) is 0 Å². The number of H-pyrrole nitrogens is 2. The monoisotopic (exact) mass is 813 g/mol. The third-order valence-corrected chi connectivity index (χ3v) is 15.4. The molecule has 5 heterocycles. The molecule has 9 rings (SSSR count). The molecule has 2 aliphatic rings. The van der Waals surface area contributed by atoms with Crippen molar-refractivity contribution in [3.05, 3.63) is 188 Å². The van der Waals surface area contributed by atoms with Gasteiger partial charge in [0.1, 0.15) is 0 Å². The SMILES string of the molecule is C1=Cc2cc3ccc(cc4nc(cc5ccc(cc1n2)[nH]5)C=C4)[nH]3.Clc1cccc[c]1[Co]([c]1ccccc1Cl)([c]1ccccc1Cl)[c]1ccccc1Cl. The van der Waals surface area contributed by atoms with Gasteiger partial charge in [0, 0.05) is 22.1 Å². The molecule has 4 nitrogen and oxygen atoms in total. The maximum atomic E-state index is 6.81. The van der Waals surface area contributed by atoms with E-state index >= 15 is 0 Å². The molecule has 0 fully saturated rings. The summed E-state index contributed by atoms with van der Waals surface area (Å²) >= 11 is 24.7. The molecule has 0 saturated carbocycles. The van der Waals surface area contributed by atoms with Crippen LogP contribution < -0.4 is 18.0 Å². The fourth-order valence-corrected chi connectivity index (χ4v) is 13.3. The summed E-state index contributed by atoms with van der Waals surface area (Å²) in [5.41, 5.74) is 7.86. The van der Waals surface area contributed by atoms with Crippen molar-refractivity contribution >= 4 is 111 Å². The van der Waals surface area contributed by atoms with Crippen molar-refractivity contribution in [1.29, 1.82) is 0 Å². The molecule has 0 aliphatic carbocycles. The predicted octanol–water partition coefficient (Wildman–Crippen LogP) is 10.7. The van der Waals surface area contributed by atoms with Gasteiger partial charge in [0.05, 0.1) is 22.8 Å². The zero-order valence-corrected chi connectivity index (χ0v) is 32.0. The summed E-state index contributed by atoms with van der Waals surface area (Å²) in [7, 11) is 0. The van der Waals surface area contributed by atoms with E-state index in [9.17, 15) is 0 Å². The summed E-state index contributed by atoms with van der Waals surface area (Å²) < 4.78 is 3.87. The van der Waals surface area contributed by atoms with Crippen LogP contribution in [0.15, 0.2) is 146 Å². The van der Waals surface area contributed by atoms with Gasteiger partial charge >= 0.3 is 194 Å². The fourth-order valence-electron chi connectivity index (χ4n) is 6.06. The van der Waals surface area contributed by atoms with E-state index in [4.69, 9.17) is 46.4 Å². The molecule has 263 valence electrons. The second kappa shape index (κ2) is 15.2. The number of nitrogens with one attached hydrogen (secondary N) is 2. The number of aromatic amines is 2. The van der Waals surface area contributed by atoms with Gasteiger partial charge in [-0.3, -0.25) is 0 Å². The molecule has 3 aromatic heterocycles. The van der Waals surface area contributed by atoms with Crippen molar-refractivity contribution in [2.45, 2.75) is 0 Å². The van der Waals surface area contributed by atoms with E-state index in [2.05, 4.69) is 44.2 Å². The molecular weight excluding hydrogens is 785 g/mol. The predicted molar refractivity (Wildman–Crippen MR) is 223 cm³/mol. The quantitative estimate of drug-likeness (QED) is 0.186. The summed E-state index contributed by atoms with van der Waals surface area (Å²) in [5, 5.41) is 2.61. The first-order chi connectivity index (χ1) is 25.9. The summed E-state index contributed by atoms with van der Waals surface area (Å²) in [5.74, 6) is 0. The van der Waals surface area contributed by atoms with E-state index in [-0.39, 0.29) is 0 Å². The molecule has 53 heavy (non-hydrogen) atoms. The average Bonchev–Trinajstić information content (AvgIpc) is 3.99. The van der Waals surface area contributed by atoms with E-state index in [1.54, 1.807) is 0 Å². The van der Waals surface area contributed by atoms with Crippen LogP contribution in [0.4, 0.5) is 0 Å². The number of aromatic nitrogens is 4. The molecule has 7 aromatic rings. The van der Waals surface area contributed by atoms with Crippen molar-refractivity contribution in [1.82, 2.24) is 19.9 Å². The fraction of sp³-hybridized carbons (Fsp3) is 0. The van der Waals surface area contributed by atoms with Crippen molar-refractivity contribution < 1.29 is 12.6 Å². The van der Waals surface area contributed by atoms with Crippen molar-refractivity contribution in [2.24, 2.45) is 0 Å². The van der Waals surface area contributed by atoms with Crippen LogP contribution >= 0.6 is 46.4 Å². The Kier molecular flexibility index (Phi) is 10.1. The van der Waals surface area contributed by atoms with Crippen LogP contribution in [-0.2, 0) is 12.6 Å². The minimum atomic E-state index is -2.56. The Morgan fingerprint density at radius 3 is 0.830 bits per heavy atom. The van der Waals surface area contributed by atoms with E-state index in [0.29, 0.717) is 20.1 Å². The molecule has 2 aliphatic heterocycles. The molecule has 4 aromatic carbocycles. The Labute approximate surface area is 329 Å². The Bertz CT molecular complexity index is 2350. The van der Waals surface area contributed by atoms with E-state index in [0.717, 1.165) is 62.8 Å². The number of hydrogen-bond donors (Lipinski definition) is 2. The number of hydrogen-bond acceptors (Lipinski definition) is 2. The average molecular weight is 815 g/mol. The van der Waals surface area contributed by atoms with Gasteiger partial charge < -0.3 is 9.97 Å². The van der Waals surface area contributed by atoms with Crippen LogP contribution in [0.2, 0.25) is 20.1 Å². The molecule has 0 spiro atoms. The van der Waals surface area contributed by atoms with Crippen molar-refractivity contribution in [3.8, 4) is 0 Å². The molecule has 0 atom stereocenters. The van der Waals surface area contributed by atoms with Gasteiger partial charge in [-0.25, -0.2) is 9.97 Å². The molecule has 8 bridgehead atoms. The van der Waals surface area contributed by atoms with Crippen LogP contribution in [0.1, 0.15) is 22.8 Å². The van der Waals surface area contributed by atoms with E-state index < -0.39 is 12.6 Å².